The van der Waals surface area contributed by atoms with Gasteiger partial charge in [0.1, 0.15) is 12.3 Å². The lowest BCUT2D eigenvalue weighted by Gasteiger charge is -2.55. The molecule has 2 aromatic heterocycles. The van der Waals surface area contributed by atoms with Gasteiger partial charge < -0.3 is 23.8 Å². The van der Waals surface area contributed by atoms with E-state index < -0.39 is 11.9 Å². The predicted octanol–water partition coefficient (Wildman–Crippen LogP) is 12.3. The molecule has 8 fully saturated rings. The molecule has 4 saturated heterocycles. The summed E-state index contributed by atoms with van der Waals surface area (Å²) in [5, 5.41) is 13.5. The van der Waals surface area contributed by atoms with E-state index in [0.29, 0.717) is 54.1 Å². The second kappa shape index (κ2) is 26.1. The van der Waals surface area contributed by atoms with Gasteiger partial charge in [-0.15, -0.1) is 0 Å². The first-order chi connectivity index (χ1) is 37.5. The van der Waals surface area contributed by atoms with E-state index in [1.54, 1.807) is 6.92 Å². The molecule has 4 aliphatic heterocycles. The Morgan fingerprint density at radius 3 is 1.39 bits per heavy atom. The Balaban J connectivity index is 0.000000187. The fourth-order valence-corrected chi connectivity index (χ4v) is 16.8. The highest BCUT2D eigenvalue weighted by Gasteiger charge is 2.47. The molecule has 2 aromatic carbocycles. The van der Waals surface area contributed by atoms with E-state index in [9.17, 15) is 29.1 Å². The highest BCUT2D eigenvalue weighted by molar-refractivity contribution is 6.01. The van der Waals surface area contributed by atoms with Gasteiger partial charge in [0.2, 0.25) is 0 Å². The van der Waals surface area contributed by atoms with Gasteiger partial charge in [0.25, 0.3) is 11.1 Å². The Morgan fingerprint density at radius 1 is 0.519 bits per heavy atom. The summed E-state index contributed by atoms with van der Waals surface area (Å²) in [5.74, 6) is 1.88. The van der Waals surface area contributed by atoms with Crippen molar-refractivity contribution in [1.29, 1.82) is 0 Å². The predicted molar refractivity (Wildman–Crippen MR) is 311 cm³/mol. The van der Waals surface area contributed by atoms with Crippen LogP contribution in [-0.4, -0.2) is 107 Å². The third-order valence-electron chi connectivity index (χ3n) is 19.7. The molecule has 79 heavy (non-hydrogen) atoms. The van der Waals surface area contributed by atoms with Crippen molar-refractivity contribution >= 4 is 45.5 Å². The summed E-state index contributed by atoms with van der Waals surface area (Å²) in [6, 6.07) is 19.1. The van der Waals surface area contributed by atoms with Crippen LogP contribution in [-0.2, 0) is 19.2 Å². The minimum atomic E-state index is -0.938. The maximum absolute atomic E-state index is 14.2. The summed E-state index contributed by atoms with van der Waals surface area (Å²) >= 11 is 0. The third-order valence-corrected chi connectivity index (χ3v) is 19.7. The minimum Gasteiger partial charge on any atom is -0.481 e. The molecule has 4 saturated carbocycles. The van der Waals surface area contributed by atoms with Gasteiger partial charge in [0.05, 0.1) is 41.5 Å². The standard InChI is InChI=1S/C31H42N4O4.C31H41N3O4.2CH4/c1-2-39-33-27(13-14-29(36)37)30-31(38)35(28-12-4-3-11-26(28)32-30)25-18-22-9-6-10-23(19-25)34(22)24-16-20-7-5-8-21(15-20)17-24;1-2-38-29(36)14-13-28(35)30-31(37)34(27-12-4-3-11-26(27)32-30)25-18-22-9-6-10-23(19-25)33(22)24-16-20-7-5-8-21(15-20)17-24;;/h3-4,11-12,20-25H,2,5-10,13-19H2,1H3,(H,36,37);3-4,11-12,20-25H,2,5-10,13-19H2,1H3;2*1H4/b33-27+;;;/t2*20?,21?,22-,23+,24?,25?;;. The number of carbonyl (C=O) groups is 3. The SMILES string of the molecule is C.C.CCO/N=C(\CCC(=O)O)c1nc2ccccc2n(C2C[C@H]3CCC[C@@H](C2)N3C2CC3CCCC(C3)C2)c1=O.CCOC(=O)CCC(=O)c1nc2ccccc2n(C2C[C@H]3CCC[C@@H](C2)N3C2CC3CCCC(C3)C2)c1=O. The van der Waals surface area contributed by atoms with Crippen molar-refractivity contribution in [3.05, 3.63) is 80.6 Å². The third kappa shape index (κ3) is 12.6. The van der Waals surface area contributed by atoms with Crippen LogP contribution < -0.4 is 11.1 Å². The van der Waals surface area contributed by atoms with Crippen molar-refractivity contribution in [1.82, 2.24) is 28.9 Å². The van der Waals surface area contributed by atoms with Crippen molar-refractivity contribution < 1.29 is 29.1 Å². The van der Waals surface area contributed by atoms with Crippen LogP contribution in [0.15, 0.2) is 63.3 Å². The summed E-state index contributed by atoms with van der Waals surface area (Å²) in [4.78, 5) is 84.7. The number of carboxylic acid groups (broad SMARTS) is 1. The minimum absolute atomic E-state index is 0. The number of ether oxygens (including phenoxy) is 1. The molecule has 15 heteroatoms. The number of ketones is 1. The maximum Gasteiger partial charge on any atom is 0.306 e. The first-order valence-electron chi connectivity index (χ1n) is 30.2. The number of rotatable bonds is 15. The molecule has 15 nitrogen and oxygen atoms in total. The quantitative estimate of drug-likeness (QED) is 0.0516. The Hall–Kier alpha value is -5.28. The number of nitrogens with zero attached hydrogens (tertiary/aromatic N) is 7. The molecule has 10 atom stereocenters. The summed E-state index contributed by atoms with van der Waals surface area (Å²) in [6.45, 7) is 4.17. The van der Waals surface area contributed by atoms with Crippen molar-refractivity contribution in [2.75, 3.05) is 13.2 Å². The molecule has 0 amide bonds. The summed E-state index contributed by atoms with van der Waals surface area (Å²) in [6.07, 6.45) is 27.8. The lowest BCUT2D eigenvalue weighted by Crippen LogP contribution is -2.58. The van der Waals surface area contributed by atoms with Gasteiger partial charge in [-0.2, -0.15) is 0 Å². The zero-order valence-corrected chi connectivity index (χ0v) is 45.8. The van der Waals surface area contributed by atoms with Gasteiger partial charge in [-0.25, -0.2) is 9.97 Å². The molecule has 4 aliphatic carbocycles. The smallest absolute Gasteiger partial charge is 0.306 e. The van der Waals surface area contributed by atoms with E-state index >= 15 is 0 Å². The van der Waals surface area contributed by atoms with Crippen molar-refractivity contribution in [2.24, 2.45) is 28.8 Å². The molecule has 430 valence electrons. The molecule has 1 N–H and O–H groups in total. The Bertz CT molecular complexity index is 2880. The van der Waals surface area contributed by atoms with E-state index in [1.807, 2.05) is 64.6 Å². The number of piperidine rings is 4. The fourth-order valence-electron chi connectivity index (χ4n) is 16.8. The number of hydrogen-bond acceptors (Lipinski definition) is 12. The average Bonchev–Trinajstić information content (AvgIpc) is 3.62. The Labute approximate surface area is 468 Å². The molecule has 6 unspecified atom stereocenters. The van der Waals surface area contributed by atoms with E-state index in [2.05, 4.69) is 19.9 Å². The van der Waals surface area contributed by atoms with Crippen LogP contribution in [0.5, 0.6) is 0 Å². The number of Topliss-reactive ketones (excluding diaryl/α,β-unsaturated/α-hetero) is 1. The van der Waals surface area contributed by atoms with Crippen molar-refractivity contribution in [3.8, 4) is 0 Å². The number of para-hydroxylation sites is 4. The molecule has 12 rings (SSSR count). The summed E-state index contributed by atoms with van der Waals surface area (Å²) < 4.78 is 8.83. The molecule has 0 radical (unpaired) electrons. The Morgan fingerprint density at radius 2 is 0.949 bits per heavy atom. The number of benzene rings is 2. The largest absolute Gasteiger partial charge is 0.481 e. The first-order valence-corrected chi connectivity index (χ1v) is 30.2. The van der Waals surface area contributed by atoms with Gasteiger partial charge >= 0.3 is 11.9 Å². The number of hydrogen-bond donors (Lipinski definition) is 1. The van der Waals surface area contributed by atoms with Gasteiger partial charge in [0.15, 0.2) is 17.2 Å². The normalized spacial score (nSPS) is 30.4. The highest BCUT2D eigenvalue weighted by atomic mass is 16.6. The zero-order chi connectivity index (χ0) is 53.2. The van der Waals surface area contributed by atoms with E-state index in [-0.39, 0.29) is 87.5 Å². The maximum atomic E-state index is 14.2. The van der Waals surface area contributed by atoms with Gasteiger partial charge in [-0.3, -0.25) is 33.8 Å². The number of oxime groups is 1. The monoisotopic (exact) mass is 1090 g/mol. The molecular formula is C64H91N7O8. The number of fused-ring (bicyclic) bond motifs is 10. The van der Waals surface area contributed by atoms with Crippen LogP contribution in [0.4, 0.5) is 0 Å². The second-order valence-electron chi connectivity index (χ2n) is 24.5. The number of aliphatic carboxylic acids is 1. The molecule has 0 spiro atoms. The van der Waals surface area contributed by atoms with Crippen LogP contribution >= 0.6 is 0 Å². The molecule has 4 aromatic rings. The fraction of sp³-hybridized carbons (Fsp3) is 0.688. The van der Waals surface area contributed by atoms with Crippen LogP contribution in [0.3, 0.4) is 0 Å². The number of aromatic nitrogens is 4. The van der Waals surface area contributed by atoms with Gasteiger partial charge in [0, 0.05) is 61.2 Å². The lowest BCUT2D eigenvalue weighted by atomic mass is 9.68. The lowest BCUT2D eigenvalue weighted by molar-refractivity contribution is -0.143. The number of esters is 1. The number of carbonyl (C=O) groups excluding carboxylic acids is 2. The van der Waals surface area contributed by atoms with E-state index in [0.717, 1.165) is 65.9 Å². The van der Waals surface area contributed by atoms with Gasteiger partial charge in [-0.1, -0.05) is 95.6 Å². The highest BCUT2D eigenvalue weighted by Crippen LogP contribution is 2.49. The topological polar surface area (TPSA) is 179 Å². The van der Waals surface area contributed by atoms with Crippen molar-refractivity contribution in [2.45, 2.75) is 244 Å². The van der Waals surface area contributed by atoms with E-state index in [1.165, 1.54) is 116 Å². The molecule has 6 heterocycles. The molecule has 8 bridgehead atoms. The average molecular weight is 1090 g/mol. The van der Waals surface area contributed by atoms with Crippen LogP contribution in [0.2, 0.25) is 0 Å². The molecule has 8 aliphatic rings. The van der Waals surface area contributed by atoms with E-state index in [4.69, 9.17) is 14.6 Å². The Kier molecular flexibility index (Phi) is 19.3. The van der Waals surface area contributed by atoms with Crippen molar-refractivity contribution in [3.63, 3.8) is 0 Å². The van der Waals surface area contributed by atoms with Gasteiger partial charge in [-0.05, 0) is 152 Å². The summed E-state index contributed by atoms with van der Waals surface area (Å²) in [5.41, 5.74) is 3.07. The molecular weight excluding hydrogens is 995 g/mol. The zero-order valence-electron chi connectivity index (χ0n) is 45.8. The first kappa shape index (κ1) is 58.4. The van der Waals surface area contributed by atoms with Crippen LogP contribution in [0.1, 0.15) is 224 Å². The van der Waals surface area contributed by atoms with Crippen LogP contribution in [0.25, 0.3) is 22.1 Å². The second-order valence-corrected chi connectivity index (χ2v) is 24.5. The van der Waals surface area contributed by atoms with Crippen LogP contribution in [0, 0.1) is 23.7 Å². The number of carboxylic acids is 1. The summed E-state index contributed by atoms with van der Waals surface area (Å²) in [7, 11) is 0.